The van der Waals surface area contributed by atoms with Gasteiger partial charge in [-0.25, -0.2) is 0 Å². The summed E-state index contributed by atoms with van der Waals surface area (Å²) in [6, 6.07) is 7.97. The highest BCUT2D eigenvalue weighted by molar-refractivity contribution is 5.75. The minimum Gasteiger partial charge on any atom is -0.497 e. The number of carbonyl (C=O) groups excluding carboxylic acids is 1. The van der Waals surface area contributed by atoms with E-state index in [0.29, 0.717) is 13.0 Å². The molecule has 0 unspecified atom stereocenters. The Morgan fingerprint density at radius 2 is 1.80 bits per heavy atom. The van der Waals surface area contributed by atoms with Crippen LogP contribution in [0.1, 0.15) is 51.0 Å². The molecule has 0 aliphatic heterocycles. The normalized spacial score (nSPS) is 10.3. The molecule has 0 atom stereocenters. The quantitative estimate of drug-likeness (QED) is 0.662. The molecule has 0 radical (unpaired) electrons. The first-order valence-corrected chi connectivity index (χ1v) is 7.66. The first-order chi connectivity index (χ1) is 9.76. The van der Waals surface area contributed by atoms with Gasteiger partial charge in [-0.15, -0.1) is 0 Å². The van der Waals surface area contributed by atoms with E-state index in [0.717, 1.165) is 18.6 Å². The zero-order chi connectivity index (χ0) is 14.6. The molecule has 0 bridgehead atoms. The number of benzene rings is 1. The fourth-order valence-electron chi connectivity index (χ4n) is 2.12. The van der Waals surface area contributed by atoms with Crippen molar-refractivity contribution in [2.75, 3.05) is 13.7 Å². The number of rotatable bonds is 10. The van der Waals surface area contributed by atoms with E-state index in [9.17, 15) is 4.79 Å². The lowest BCUT2D eigenvalue weighted by atomic mass is 10.1. The Balaban J connectivity index is 2.08. The molecule has 0 saturated heterocycles. The molecule has 0 aromatic heterocycles. The maximum atomic E-state index is 11.6. The monoisotopic (exact) mass is 277 g/mol. The highest BCUT2D eigenvalue weighted by Gasteiger charge is 2.01. The maximum absolute atomic E-state index is 11.6. The van der Waals surface area contributed by atoms with Gasteiger partial charge in [0, 0.05) is 13.0 Å². The van der Waals surface area contributed by atoms with Crippen molar-refractivity contribution in [1.82, 2.24) is 5.32 Å². The third-order valence-corrected chi connectivity index (χ3v) is 3.40. The number of hydrogen-bond acceptors (Lipinski definition) is 2. The van der Waals surface area contributed by atoms with Gasteiger partial charge in [0.15, 0.2) is 0 Å². The van der Waals surface area contributed by atoms with Crippen LogP contribution in [0.2, 0.25) is 0 Å². The van der Waals surface area contributed by atoms with Crippen LogP contribution >= 0.6 is 0 Å². The molecule has 20 heavy (non-hydrogen) atoms. The van der Waals surface area contributed by atoms with Gasteiger partial charge < -0.3 is 10.1 Å². The number of carbonyl (C=O) groups is 1. The summed E-state index contributed by atoms with van der Waals surface area (Å²) in [7, 11) is 1.66. The van der Waals surface area contributed by atoms with Gasteiger partial charge in [-0.1, -0.05) is 44.7 Å². The van der Waals surface area contributed by atoms with Crippen molar-refractivity contribution in [2.24, 2.45) is 0 Å². The molecule has 1 amide bonds. The first-order valence-electron chi connectivity index (χ1n) is 7.66. The van der Waals surface area contributed by atoms with Crippen molar-refractivity contribution in [3.63, 3.8) is 0 Å². The summed E-state index contributed by atoms with van der Waals surface area (Å²) < 4.78 is 5.11. The molecule has 0 heterocycles. The van der Waals surface area contributed by atoms with Gasteiger partial charge in [0.25, 0.3) is 0 Å². The van der Waals surface area contributed by atoms with Crippen molar-refractivity contribution in [3.8, 4) is 5.75 Å². The van der Waals surface area contributed by atoms with Gasteiger partial charge >= 0.3 is 0 Å². The summed E-state index contributed by atoms with van der Waals surface area (Å²) in [5.41, 5.74) is 1.22. The number of unbranched alkanes of at least 4 members (excludes halogenated alkanes) is 4. The molecule has 0 fully saturated rings. The summed E-state index contributed by atoms with van der Waals surface area (Å²) in [6.45, 7) is 2.91. The topological polar surface area (TPSA) is 38.3 Å². The lowest BCUT2D eigenvalue weighted by Gasteiger charge is -2.06. The average molecular weight is 277 g/mol. The van der Waals surface area contributed by atoms with Crippen LogP contribution in [0, 0.1) is 0 Å². The molecule has 0 saturated carbocycles. The van der Waals surface area contributed by atoms with E-state index in [1.54, 1.807) is 7.11 Å². The van der Waals surface area contributed by atoms with Crippen molar-refractivity contribution >= 4 is 5.91 Å². The average Bonchev–Trinajstić information content (AvgIpc) is 2.48. The van der Waals surface area contributed by atoms with Crippen molar-refractivity contribution in [3.05, 3.63) is 29.8 Å². The van der Waals surface area contributed by atoms with Crippen LogP contribution in [0.5, 0.6) is 5.75 Å². The summed E-state index contributed by atoms with van der Waals surface area (Å²) >= 11 is 0. The third-order valence-electron chi connectivity index (χ3n) is 3.40. The Morgan fingerprint density at radius 3 is 2.45 bits per heavy atom. The van der Waals surface area contributed by atoms with E-state index < -0.39 is 0 Å². The zero-order valence-corrected chi connectivity index (χ0v) is 12.8. The smallest absolute Gasteiger partial charge is 0.220 e. The fourth-order valence-corrected chi connectivity index (χ4v) is 2.12. The summed E-state index contributed by atoms with van der Waals surface area (Å²) in [4.78, 5) is 11.6. The van der Waals surface area contributed by atoms with E-state index in [1.165, 1.54) is 31.2 Å². The molecule has 0 aliphatic rings. The highest BCUT2D eigenvalue weighted by atomic mass is 16.5. The number of hydrogen-bond donors (Lipinski definition) is 1. The van der Waals surface area contributed by atoms with E-state index >= 15 is 0 Å². The summed E-state index contributed by atoms with van der Waals surface area (Å²) in [5.74, 6) is 1.04. The SMILES string of the molecule is CCCCCCCC(=O)NCCc1ccc(OC)cc1. The van der Waals surface area contributed by atoms with Crippen LogP contribution < -0.4 is 10.1 Å². The van der Waals surface area contributed by atoms with Crippen LogP contribution in [0.25, 0.3) is 0 Å². The third kappa shape index (κ3) is 7.17. The maximum Gasteiger partial charge on any atom is 0.220 e. The van der Waals surface area contributed by atoms with E-state index in [4.69, 9.17) is 4.74 Å². The molecule has 1 aromatic carbocycles. The zero-order valence-electron chi connectivity index (χ0n) is 12.8. The second kappa shape index (κ2) is 10.3. The largest absolute Gasteiger partial charge is 0.497 e. The summed E-state index contributed by atoms with van der Waals surface area (Å²) in [5, 5.41) is 2.98. The predicted molar refractivity (Wildman–Crippen MR) is 83.1 cm³/mol. The van der Waals surface area contributed by atoms with Gasteiger partial charge in [-0.05, 0) is 30.5 Å². The van der Waals surface area contributed by atoms with Gasteiger partial charge in [0.05, 0.1) is 7.11 Å². The Hall–Kier alpha value is -1.51. The predicted octanol–water partition coefficient (Wildman–Crippen LogP) is 3.71. The Labute approximate surface area is 122 Å². The van der Waals surface area contributed by atoms with Crippen molar-refractivity contribution in [1.29, 1.82) is 0 Å². The Morgan fingerprint density at radius 1 is 1.10 bits per heavy atom. The molecule has 3 heteroatoms. The number of ether oxygens (including phenoxy) is 1. The van der Waals surface area contributed by atoms with Crippen LogP contribution in [-0.2, 0) is 11.2 Å². The Bertz CT molecular complexity index is 373. The van der Waals surface area contributed by atoms with E-state index in [1.807, 2.05) is 24.3 Å². The van der Waals surface area contributed by atoms with Gasteiger partial charge in [0.1, 0.15) is 5.75 Å². The van der Waals surface area contributed by atoms with Crippen molar-refractivity contribution in [2.45, 2.75) is 51.9 Å². The molecule has 0 spiro atoms. The second-order valence-electron chi connectivity index (χ2n) is 5.11. The standard InChI is InChI=1S/C17H27NO2/c1-3-4-5-6-7-8-17(19)18-14-13-15-9-11-16(20-2)12-10-15/h9-12H,3-8,13-14H2,1-2H3,(H,18,19). The molecule has 3 nitrogen and oxygen atoms in total. The van der Waals surface area contributed by atoms with Gasteiger partial charge in [-0.2, -0.15) is 0 Å². The lowest BCUT2D eigenvalue weighted by molar-refractivity contribution is -0.121. The van der Waals surface area contributed by atoms with E-state index in [-0.39, 0.29) is 5.91 Å². The minimum atomic E-state index is 0.176. The number of methoxy groups -OCH3 is 1. The minimum absolute atomic E-state index is 0.176. The van der Waals surface area contributed by atoms with Crippen LogP contribution in [0.15, 0.2) is 24.3 Å². The molecule has 0 aliphatic carbocycles. The van der Waals surface area contributed by atoms with Crippen LogP contribution in [0.4, 0.5) is 0 Å². The summed E-state index contributed by atoms with van der Waals surface area (Å²) in [6.07, 6.45) is 7.47. The van der Waals surface area contributed by atoms with Crippen LogP contribution in [-0.4, -0.2) is 19.6 Å². The lowest BCUT2D eigenvalue weighted by Crippen LogP contribution is -2.25. The van der Waals surface area contributed by atoms with Gasteiger partial charge in [-0.3, -0.25) is 4.79 Å². The highest BCUT2D eigenvalue weighted by Crippen LogP contribution is 2.11. The molecule has 1 N–H and O–H groups in total. The molecular formula is C17H27NO2. The van der Waals surface area contributed by atoms with Crippen LogP contribution in [0.3, 0.4) is 0 Å². The molecule has 1 rings (SSSR count). The Kier molecular flexibility index (Phi) is 8.52. The number of nitrogens with one attached hydrogen (secondary N) is 1. The molecule has 112 valence electrons. The second-order valence-corrected chi connectivity index (χ2v) is 5.11. The number of amides is 1. The first kappa shape index (κ1) is 16.5. The van der Waals surface area contributed by atoms with E-state index in [2.05, 4.69) is 12.2 Å². The molecule has 1 aromatic rings. The molecular weight excluding hydrogens is 250 g/mol. The van der Waals surface area contributed by atoms with Crippen molar-refractivity contribution < 1.29 is 9.53 Å². The fraction of sp³-hybridized carbons (Fsp3) is 0.588. The van der Waals surface area contributed by atoms with Gasteiger partial charge in [0.2, 0.25) is 5.91 Å².